The molecule has 19 heavy (non-hydrogen) atoms. The van der Waals surface area contributed by atoms with E-state index in [1.165, 1.54) is 11.0 Å². The minimum absolute atomic E-state index is 0.135. The van der Waals surface area contributed by atoms with Gasteiger partial charge < -0.3 is 19.2 Å². The highest BCUT2D eigenvalue weighted by Crippen LogP contribution is 2.17. The second-order valence-corrected chi connectivity index (χ2v) is 5.57. The minimum Gasteiger partial charge on any atom is -0.438 e. The number of hydrogen-bond donors (Lipinski definition) is 2. The van der Waals surface area contributed by atoms with Crippen molar-refractivity contribution >= 4 is 15.9 Å². The van der Waals surface area contributed by atoms with Gasteiger partial charge in [0.2, 0.25) is 5.09 Å². The summed E-state index contributed by atoms with van der Waals surface area (Å²) >= 11 is 0. The molecule has 3 N–H and O–H groups in total. The normalized spacial score (nSPS) is 20.5. The number of primary sulfonamides is 1. The van der Waals surface area contributed by atoms with E-state index < -0.39 is 27.1 Å². The first-order valence-corrected chi connectivity index (χ1v) is 7.10. The lowest BCUT2D eigenvalue weighted by molar-refractivity contribution is -0.0198. The van der Waals surface area contributed by atoms with E-state index in [4.69, 9.17) is 14.3 Å². The largest absolute Gasteiger partial charge is 0.438 e. The van der Waals surface area contributed by atoms with Crippen LogP contribution in [-0.2, 0) is 14.8 Å². The number of sulfonamides is 1. The molecule has 1 unspecified atom stereocenters. The van der Waals surface area contributed by atoms with Gasteiger partial charge in [0.15, 0.2) is 5.76 Å². The SMILES string of the molecule is NS(=O)(=O)c1ccc(C(=O)N2CCOCC2CO)o1. The molecule has 1 fully saturated rings. The number of morpholine rings is 1. The Kier molecular flexibility index (Phi) is 3.90. The Labute approximate surface area is 109 Å². The van der Waals surface area contributed by atoms with Gasteiger partial charge in [0, 0.05) is 6.54 Å². The predicted octanol–water partition coefficient (Wildman–Crippen LogP) is -1.24. The molecule has 0 radical (unpaired) electrons. The fourth-order valence-corrected chi connectivity index (χ4v) is 2.27. The minimum atomic E-state index is -3.98. The summed E-state index contributed by atoms with van der Waals surface area (Å²) in [5.41, 5.74) is 0. The van der Waals surface area contributed by atoms with E-state index in [0.717, 1.165) is 6.07 Å². The number of nitrogens with two attached hydrogens (primary N) is 1. The van der Waals surface area contributed by atoms with Crippen LogP contribution >= 0.6 is 0 Å². The zero-order valence-corrected chi connectivity index (χ0v) is 10.8. The average Bonchev–Trinajstić information content (AvgIpc) is 2.87. The molecule has 0 aliphatic carbocycles. The van der Waals surface area contributed by atoms with E-state index in [2.05, 4.69) is 0 Å². The Hall–Kier alpha value is -1.42. The summed E-state index contributed by atoms with van der Waals surface area (Å²) in [4.78, 5) is 13.5. The highest BCUT2D eigenvalue weighted by Gasteiger charge is 2.30. The number of carbonyl (C=O) groups excluding carboxylic acids is 1. The fourth-order valence-electron chi connectivity index (χ4n) is 1.80. The lowest BCUT2D eigenvalue weighted by Crippen LogP contribution is -2.50. The van der Waals surface area contributed by atoms with Gasteiger partial charge >= 0.3 is 0 Å². The van der Waals surface area contributed by atoms with Crippen molar-refractivity contribution in [3.63, 3.8) is 0 Å². The molecule has 0 spiro atoms. The van der Waals surface area contributed by atoms with Gasteiger partial charge in [0.05, 0.1) is 25.9 Å². The Morgan fingerprint density at radius 2 is 2.26 bits per heavy atom. The maximum absolute atomic E-state index is 12.1. The van der Waals surface area contributed by atoms with E-state index in [9.17, 15) is 18.3 Å². The lowest BCUT2D eigenvalue weighted by atomic mass is 10.2. The number of hydrogen-bond acceptors (Lipinski definition) is 6. The van der Waals surface area contributed by atoms with Crippen LogP contribution in [0.5, 0.6) is 0 Å². The third kappa shape index (κ3) is 2.95. The zero-order valence-electron chi connectivity index (χ0n) is 9.98. The first-order valence-electron chi connectivity index (χ1n) is 5.55. The molecule has 1 atom stereocenters. The number of carbonyl (C=O) groups is 1. The third-order valence-electron chi connectivity index (χ3n) is 2.77. The van der Waals surface area contributed by atoms with Crippen molar-refractivity contribution in [2.45, 2.75) is 11.1 Å². The molecule has 1 saturated heterocycles. The molecule has 2 rings (SSSR count). The van der Waals surface area contributed by atoms with Crippen molar-refractivity contribution in [2.24, 2.45) is 5.14 Å². The Bertz CT molecular complexity index is 566. The second-order valence-electron chi connectivity index (χ2n) is 4.07. The number of rotatable bonds is 3. The van der Waals surface area contributed by atoms with Gasteiger partial charge in [0.25, 0.3) is 15.9 Å². The number of aliphatic hydroxyl groups is 1. The van der Waals surface area contributed by atoms with Gasteiger partial charge in [-0.25, -0.2) is 13.6 Å². The van der Waals surface area contributed by atoms with Gasteiger partial charge in [-0.1, -0.05) is 0 Å². The number of ether oxygens (including phenoxy) is 1. The van der Waals surface area contributed by atoms with E-state index in [-0.39, 0.29) is 19.0 Å². The third-order valence-corrected chi connectivity index (χ3v) is 3.55. The molecule has 1 aliphatic rings. The van der Waals surface area contributed by atoms with Crippen molar-refractivity contribution < 1.29 is 27.5 Å². The molecular weight excluding hydrogens is 276 g/mol. The van der Waals surface area contributed by atoms with Crippen molar-refractivity contribution in [3.8, 4) is 0 Å². The first-order chi connectivity index (χ1) is 8.93. The first kappa shape index (κ1) is 14.0. The second kappa shape index (κ2) is 5.29. The lowest BCUT2D eigenvalue weighted by Gasteiger charge is -2.33. The van der Waals surface area contributed by atoms with Gasteiger partial charge in [0.1, 0.15) is 0 Å². The summed E-state index contributed by atoms with van der Waals surface area (Å²) in [6.45, 7) is 0.639. The number of amides is 1. The van der Waals surface area contributed by atoms with Crippen LogP contribution in [-0.4, -0.2) is 56.7 Å². The summed E-state index contributed by atoms with van der Waals surface area (Å²) in [5.74, 6) is -0.637. The monoisotopic (exact) mass is 290 g/mol. The average molecular weight is 290 g/mol. The Morgan fingerprint density at radius 1 is 1.53 bits per heavy atom. The van der Waals surface area contributed by atoms with Crippen molar-refractivity contribution in [2.75, 3.05) is 26.4 Å². The summed E-state index contributed by atoms with van der Waals surface area (Å²) < 4.78 is 32.2. The van der Waals surface area contributed by atoms with Crippen LogP contribution in [0.15, 0.2) is 21.6 Å². The molecule has 0 saturated carbocycles. The van der Waals surface area contributed by atoms with E-state index >= 15 is 0 Å². The fraction of sp³-hybridized carbons (Fsp3) is 0.500. The predicted molar refractivity (Wildman–Crippen MR) is 62.8 cm³/mol. The molecule has 1 aromatic rings. The van der Waals surface area contributed by atoms with Crippen LogP contribution in [0, 0.1) is 0 Å². The molecule has 1 aliphatic heterocycles. The van der Waals surface area contributed by atoms with Crippen LogP contribution in [0.3, 0.4) is 0 Å². The molecule has 106 valence electrons. The Morgan fingerprint density at radius 3 is 2.84 bits per heavy atom. The van der Waals surface area contributed by atoms with Crippen molar-refractivity contribution in [1.29, 1.82) is 0 Å². The molecule has 1 aromatic heterocycles. The standard InChI is InChI=1S/C10H14N2O6S/c11-19(15,16)9-2-1-8(18-9)10(14)12-3-4-17-6-7(12)5-13/h1-2,7,13H,3-6H2,(H2,11,15,16). The molecular formula is C10H14N2O6S. The maximum atomic E-state index is 12.1. The van der Waals surface area contributed by atoms with Crippen molar-refractivity contribution in [3.05, 3.63) is 17.9 Å². The van der Waals surface area contributed by atoms with Gasteiger partial charge in [-0.2, -0.15) is 0 Å². The van der Waals surface area contributed by atoms with E-state index in [1.54, 1.807) is 0 Å². The molecule has 9 heteroatoms. The van der Waals surface area contributed by atoms with Crippen molar-refractivity contribution in [1.82, 2.24) is 4.90 Å². The van der Waals surface area contributed by atoms with E-state index in [1.807, 2.05) is 0 Å². The maximum Gasteiger partial charge on any atom is 0.290 e. The zero-order chi connectivity index (χ0) is 14.0. The Balaban J connectivity index is 2.21. The molecule has 0 aromatic carbocycles. The van der Waals surface area contributed by atoms with Crippen LogP contribution in [0.2, 0.25) is 0 Å². The molecule has 1 amide bonds. The molecule has 8 nitrogen and oxygen atoms in total. The van der Waals surface area contributed by atoms with Crippen LogP contribution in [0.25, 0.3) is 0 Å². The number of aliphatic hydroxyl groups excluding tert-OH is 1. The number of furan rings is 1. The summed E-state index contributed by atoms with van der Waals surface area (Å²) in [6, 6.07) is 1.90. The quantitative estimate of drug-likeness (QED) is 0.717. The van der Waals surface area contributed by atoms with Crippen LogP contribution in [0.1, 0.15) is 10.6 Å². The highest BCUT2D eigenvalue weighted by molar-refractivity contribution is 7.89. The highest BCUT2D eigenvalue weighted by atomic mass is 32.2. The molecule has 0 bridgehead atoms. The van der Waals surface area contributed by atoms with Crippen LogP contribution < -0.4 is 5.14 Å². The summed E-state index contributed by atoms with van der Waals surface area (Å²) in [5, 5.41) is 13.6. The van der Waals surface area contributed by atoms with Gasteiger partial charge in [-0.05, 0) is 12.1 Å². The number of nitrogens with zero attached hydrogens (tertiary/aromatic N) is 1. The smallest absolute Gasteiger partial charge is 0.290 e. The topological polar surface area (TPSA) is 123 Å². The summed E-state index contributed by atoms with van der Waals surface area (Å²) in [6.07, 6.45) is 0. The molecule has 2 heterocycles. The van der Waals surface area contributed by atoms with Gasteiger partial charge in [-0.3, -0.25) is 4.79 Å². The summed E-state index contributed by atoms with van der Waals surface area (Å²) in [7, 11) is -3.98. The van der Waals surface area contributed by atoms with Crippen LogP contribution in [0.4, 0.5) is 0 Å². The van der Waals surface area contributed by atoms with E-state index in [0.29, 0.717) is 13.2 Å². The van der Waals surface area contributed by atoms with Gasteiger partial charge in [-0.15, -0.1) is 0 Å².